The molecule has 3 aromatic rings. The van der Waals surface area contributed by atoms with Crippen LogP contribution in [-0.2, 0) is 22.9 Å². The standard InChI is InChI=1S/C20H16F4N3O2S2/c21-14-2-3-15(22)13(11-27-7-1-8-27)12(14)10-26-16-4-5-17(19(24)18(16)23)31(28,29)20-25-6-9-30-20/h2-5,9,26H,1,7-8,10-11H2. The number of thiazole rings is 1. The number of hydrogen-bond acceptors (Lipinski definition) is 6. The molecule has 4 rings (SSSR count). The largest absolute Gasteiger partial charge is 0.378 e. The Hall–Kier alpha value is -2.50. The number of anilines is 1. The number of halogens is 4. The highest BCUT2D eigenvalue weighted by atomic mass is 32.2. The first-order chi connectivity index (χ1) is 14.8. The van der Waals surface area contributed by atoms with Crippen LogP contribution in [0.1, 0.15) is 17.5 Å². The van der Waals surface area contributed by atoms with Gasteiger partial charge >= 0.3 is 0 Å². The molecule has 0 aliphatic carbocycles. The van der Waals surface area contributed by atoms with E-state index < -0.39 is 42.3 Å². The van der Waals surface area contributed by atoms with E-state index in [0.717, 1.165) is 55.1 Å². The van der Waals surface area contributed by atoms with Crippen molar-refractivity contribution in [2.24, 2.45) is 0 Å². The van der Waals surface area contributed by atoms with Gasteiger partial charge in [0.15, 0.2) is 11.6 Å². The highest BCUT2D eigenvalue weighted by molar-refractivity contribution is 7.93. The summed E-state index contributed by atoms with van der Waals surface area (Å²) in [5.74, 6) is -4.29. The maximum atomic E-state index is 14.6. The topological polar surface area (TPSA) is 62.3 Å². The Labute approximate surface area is 180 Å². The SMILES string of the molecule is O=S(=O)(c1n[c]cs1)c1ccc(NCc2c(F)ccc(F)c2CN2CCC2)c(F)c1F. The molecule has 0 saturated carbocycles. The van der Waals surface area contributed by atoms with Crippen molar-refractivity contribution >= 4 is 26.9 Å². The van der Waals surface area contributed by atoms with Crippen molar-refractivity contribution in [1.82, 2.24) is 9.88 Å². The van der Waals surface area contributed by atoms with E-state index in [1.54, 1.807) is 0 Å². The van der Waals surface area contributed by atoms with Crippen molar-refractivity contribution in [3.05, 3.63) is 70.2 Å². The van der Waals surface area contributed by atoms with E-state index in [1.165, 1.54) is 5.38 Å². The molecule has 1 N–H and O–H groups in total. The van der Waals surface area contributed by atoms with Gasteiger partial charge in [-0.3, -0.25) is 4.90 Å². The van der Waals surface area contributed by atoms with Gasteiger partial charge in [-0.25, -0.2) is 31.0 Å². The Morgan fingerprint density at radius 1 is 1.03 bits per heavy atom. The Bertz CT molecular complexity index is 1210. The third-order valence-electron chi connectivity index (χ3n) is 5.04. The summed E-state index contributed by atoms with van der Waals surface area (Å²) in [5, 5.41) is 3.83. The van der Waals surface area contributed by atoms with E-state index in [0.29, 0.717) is 0 Å². The van der Waals surface area contributed by atoms with Crippen molar-refractivity contribution in [3.63, 3.8) is 0 Å². The first-order valence-corrected chi connectivity index (χ1v) is 11.6. The zero-order valence-corrected chi connectivity index (χ0v) is 17.6. The highest BCUT2D eigenvalue weighted by Crippen LogP contribution is 2.30. The third-order valence-corrected chi connectivity index (χ3v) is 7.95. The molecular weight excluding hydrogens is 454 g/mol. The van der Waals surface area contributed by atoms with Gasteiger partial charge in [-0.15, -0.1) is 11.3 Å². The minimum atomic E-state index is -4.34. The minimum absolute atomic E-state index is 0.00160. The van der Waals surface area contributed by atoms with Gasteiger partial charge in [0, 0.05) is 29.6 Å². The van der Waals surface area contributed by atoms with Crippen molar-refractivity contribution in [1.29, 1.82) is 0 Å². The van der Waals surface area contributed by atoms with E-state index in [4.69, 9.17) is 0 Å². The molecule has 2 aromatic carbocycles. The summed E-state index contributed by atoms with van der Waals surface area (Å²) in [6.07, 6.45) is 3.29. The highest BCUT2D eigenvalue weighted by Gasteiger charge is 2.28. The Kier molecular flexibility index (Phi) is 6.00. The number of rotatable bonds is 7. The number of benzene rings is 2. The van der Waals surface area contributed by atoms with Crippen LogP contribution >= 0.6 is 11.3 Å². The number of sulfone groups is 1. The molecule has 1 fully saturated rings. The Morgan fingerprint density at radius 3 is 2.35 bits per heavy atom. The van der Waals surface area contributed by atoms with E-state index >= 15 is 0 Å². The first-order valence-electron chi connectivity index (χ1n) is 9.25. The second kappa shape index (κ2) is 8.56. The molecule has 31 heavy (non-hydrogen) atoms. The van der Waals surface area contributed by atoms with E-state index in [2.05, 4.69) is 16.5 Å². The molecular formula is C20H16F4N3O2S2. The Balaban J connectivity index is 1.60. The summed E-state index contributed by atoms with van der Waals surface area (Å²) < 4.78 is 82.3. The van der Waals surface area contributed by atoms with Crippen molar-refractivity contribution in [2.45, 2.75) is 28.7 Å². The zero-order chi connectivity index (χ0) is 22.2. The van der Waals surface area contributed by atoms with Gasteiger partial charge in [0.25, 0.3) is 0 Å². The van der Waals surface area contributed by atoms with Gasteiger partial charge in [0.1, 0.15) is 22.7 Å². The number of nitrogens with zero attached hydrogens (tertiary/aromatic N) is 2. The summed E-state index contributed by atoms with van der Waals surface area (Å²) >= 11 is 0.726. The molecule has 1 aromatic heterocycles. The van der Waals surface area contributed by atoms with Crippen molar-refractivity contribution < 1.29 is 26.0 Å². The molecule has 0 unspecified atom stereocenters. The molecule has 0 atom stereocenters. The normalized spacial score (nSPS) is 14.5. The molecule has 1 aliphatic rings. The monoisotopic (exact) mass is 470 g/mol. The van der Waals surface area contributed by atoms with Gasteiger partial charge in [-0.1, -0.05) is 0 Å². The van der Waals surface area contributed by atoms with Gasteiger partial charge in [-0.05, 0) is 43.8 Å². The van der Waals surface area contributed by atoms with Crippen LogP contribution in [0.3, 0.4) is 0 Å². The zero-order valence-electron chi connectivity index (χ0n) is 16.0. The smallest absolute Gasteiger partial charge is 0.236 e. The summed E-state index contributed by atoms with van der Waals surface area (Å²) in [6.45, 7) is 1.45. The molecule has 1 saturated heterocycles. The van der Waals surface area contributed by atoms with E-state index in [1.807, 2.05) is 4.90 Å². The van der Waals surface area contributed by atoms with E-state index in [9.17, 15) is 26.0 Å². The number of aromatic nitrogens is 1. The van der Waals surface area contributed by atoms with Crippen LogP contribution < -0.4 is 5.32 Å². The number of hydrogen-bond donors (Lipinski definition) is 1. The molecule has 11 heteroatoms. The van der Waals surface area contributed by atoms with Crippen molar-refractivity contribution in [2.75, 3.05) is 18.4 Å². The molecule has 163 valence electrons. The number of likely N-dealkylation sites (tertiary alicyclic amines) is 1. The first kappa shape index (κ1) is 21.7. The van der Waals surface area contributed by atoms with Gasteiger partial charge < -0.3 is 5.32 Å². The van der Waals surface area contributed by atoms with Crippen LogP contribution in [0.15, 0.2) is 38.9 Å². The predicted octanol–water partition coefficient (Wildman–Crippen LogP) is 4.15. The molecule has 5 nitrogen and oxygen atoms in total. The maximum absolute atomic E-state index is 14.6. The summed E-state index contributed by atoms with van der Waals surface area (Å²) in [6, 6.07) is 3.95. The second-order valence-electron chi connectivity index (χ2n) is 6.95. The molecule has 1 radical (unpaired) electrons. The maximum Gasteiger partial charge on any atom is 0.236 e. The lowest BCUT2D eigenvalue weighted by atomic mass is 10.0. The van der Waals surface area contributed by atoms with Crippen LogP contribution in [0.5, 0.6) is 0 Å². The average Bonchev–Trinajstić information content (AvgIpc) is 3.25. The van der Waals surface area contributed by atoms with Crippen LogP contribution in [-0.4, -0.2) is 31.4 Å². The fourth-order valence-electron chi connectivity index (χ4n) is 3.22. The summed E-state index contributed by atoms with van der Waals surface area (Å²) in [4.78, 5) is 4.59. The number of nitrogens with one attached hydrogen (secondary N) is 1. The van der Waals surface area contributed by atoms with Gasteiger partial charge in [0.05, 0.1) is 5.69 Å². The van der Waals surface area contributed by atoms with Crippen LogP contribution in [0.25, 0.3) is 0 Å². The van der Waals surface area contributed by atoms with Gasteiger partial charge in [-0.2, -0.15) is 0 Å². The minimum Gasteiger partial charge on any atom is -0.378 e. The molecule has 0 spiro atoms. The summed E-state index contributed by atoms with van der Waals surface area (Å²) in [5.41, 5.74) is -0.227. The van der Waals surface area contributed by atoms with Crippen LogP contribution in [0.2, 0.25) is 0 Å². The molecule has 2 heterocycles. The van der Waals surface area contributed by atoms with Gasteiger partial charge in [0.2, 0.25) is 14.2 Å². The van der Waals surface area contributed by atoms with Crippen LogP contribution in [0.4, 0.5) is 23.2 Å². The van der Waals surface area contributed by atoms with Crippen LogP contribution in [0, 0.1) is 29.5 Å². The summed E-state index contributed by atoms with van der Waals surface area (Å²) in [7, 11) is -4.34. The Morgan fingerprint density at radius 2 is 1.74 bits per heavy atom. The fraction of sp³-hybridized carbons (Fsp3) is 0.250. The molecule has 0 bridgehead atoms. The van der Waals surface area contributed by atoms with Crippen molar-refractivity contribution in [3.8, 4) is 0 Å². The third kappa shape index (κ3) is 4.17. The fourth-order valence-corrected chi connectivity index (χ4v) is 5.39. The molecule has 0 amide bonds. The lowest BCUT2D eigenvalue weighted by molar-refractivity contribution is 0.169. The molecule has 1 aliphatic heterocycles. The lowest BCUT2D eigenvalue weighted by Crippen LogP contribution is -2.37. The lowest BCUT2D eigenvalue weighted by Gasteiger charge is -2.31. The van der Waals surface area contributed by atoms with E-state index in [-0.39, 0.29) is 29.9 Å². The predicted molar refractivity (Wildman–Crippen MR) is 106 cm³/mol. The average molecular weight is 470 g/mol. The quantitative estimate of drug-likeness (QED) is 0.526. The second-order valence-corrected chi connectivity index (χ2v) is 9.90.